The molecule has 0 aromatic heterocycles. The molecular weight excluding hydrogens is 348 g/mol. The van der Waals surface area contributed by atoms with Gasteiger partial charge in [-0.2, -0.15) is 0 Å². The molecule has 1 atom stereocenters. The van der Waals surface area contributed by atoms with E-state index in [9.17, 15) is 13.6 Å². The molecule has 0 unspecified atom stereocenters. The number of carbonyl (C=O) groups excluding carboxylic acids is 1. The van der Waals surface area contributed by atoms with Crippen molar-refractivity contribution >= 4 is 17.5 Å². The Bertz CT molecular complexity index is 672. The fourth-order valence-electron chi connectivity index (χ4n) is 3.90. The lowest BCUT2D eigenvalue weighted by molar-refractivity contribution is -0.129. The molecule has 2 heterocycles. The van der Waals surface area contributed by atoms with Crippen molar-refractivity contribution in [3.8, 4) is 0 Å². The zero-order valence-electron chi connectivity index (χ0n) is 14.7. The van der Waals surface area contributed by atoms with Crippen LogP contribution < -0.4 is 0 Å². The summed E-state index contributed by atoms with van der Waals surface area (Å²) in [6.45, 7) is 3.54. The summed E-state index contributed by atoms with van der Waals surface area (Å²) >= 11 is 5.70. The van der Waals surface area contributed by atoms with Gasteiger partial charge in [0.1, 0.15) is 16.7 Å². The van der Waals surface area contributed by atoms with Crippen LogP contribution in [0.2, 0.25) is 5.02 Å². The molecule has 2 fully saturated rings. The SMILES string of the molecule is CN1CC[C@]2(CCC1=O)CN(Cc1ccc(F)c(Cl)c1F)CCN2C. The van der Waals surface area contributed by atoms with E-state index in [0.717, 1.165) is 39.0 Å². The largest absolute Gasteiger partial charge is 0.346 e. The third kappa shape index (κ3) is 3.66. The van der Waals surface area contributed by atoms with E-state index < -0.39 is 16.7 Å². The smallest absolute Gasteiger partial charge is 0.222 e. The van der Waals surface area contributed by atoms with Gasteiger partial charge in [0.05, 0.1) is 0 Å². The number of likely N-dealkylation sites (tertiary alicyclic amines) is 1. The normalized spacial score (nSPS) is 26.3. The lowest BCUT2D eigenvalue weighted by Crippen LogP contribution is -2.60. The molecule has 0 N–H and O–H groups in total. The van der Waals surface area contributed by atoms with E-state index in [1.165, 1.54) is 12.1 Å². The summed E-state index contributed by atoms with van der Waals surface area (Å²) in [7, 11) is 3.94. The molecule has 1 amide bonds. The Hall–Kier alpha value is -1.24. The molecule has 0 bridgehead atoms. The number of benzene rings is 1. The number of piperazine rings is 1. The van der Waals surface area contributed by atoms with Crippen LogP contribution in [0.25, 0.3) is 0 Å². The van der Waals surface area contributed by atoms with Crippen molar-refractivity contribution in [1.82, 2.24) is 14.7 Å². The van der Waals surface area contributed by atoms with Crippen LogP contribution >= 0.6 is 11.6 Å². The maximum absolute atomic E-state index is 14.2. The molecule has 4 nitrogen and oxygen atoms in total. The Morgan fingerprint density at radius 3 is 2.68 bits per heavy atom. The van der Waals surface area contributed by atoms with E-state index in [1.807, 2.05) is 7.05 Å². The zero-order chi connectivity index (χ0) is 18.2. The van der Waals surface area contributed by atoms with Crippen LogP contribution in [0, 0.1) is 11.6 Å². The van der Waals surface area contributed by atoms with Crippen LogP contribution in [0.15, 0.2) is 12.1 Å². The van der Waals surface area contributed by atoms with Crippen LogP contribution in [-0.4, -0.2) is 66.4 Å². The average molecular weight is 372 g/mol. The van der Waals surface area contributed by atoms with Gasteiger partial charge in [-0.1, -0.05) is 17.7 Å². The molecule has 2 aliphatic rings. The van der Waals surface area contributed by atoms with Gasteiger partial charge in [0.25, 0.3) is 0 Å². The lowest BCUT2D eigenvalue weighted by atomic mass is 9.86. The van der Waals surface area contributed by atoms with Gasteiger partial charge in [-0.3, -0.25) is 14.6 Å². The number of amides is 1. The number of hydrogen-bond acceptors (Lipinski definition) is 3. The Morgan fingerprint density at radius 2 is 1.92 bits per heavy atom. The first kappa shape index (κ1) is 18.5. The number of carbonyl (C=O) groups is 1. The number of nitrogens with zero attached hydrogens (tertiary/aromatic N) is 3. The van der Waals surface area contributed by atoms with E-state index in [1.54, 1.807) is 4.90 Å². The molecule has 25 heavy (non-hydrogen) atoms. The summed E-state index contributed by atoms with van der Waals surface area (Å²) in [6, 6.07) is 2.68. The molecule has 3 rings (SSSR count). The second kappa shape index (κ2) is 7.17. The standard InChI is InChI=1S/C18H24ClF2N3O/c1-22-8-7-18(6-5-15(22)25)12-24(10-9-23(18)2)11-13-3-4-14(20)16(19)17(13)21/h3-4H,5-12H2,1-2H3/t18-/m1/s1. The molecule has 138 valence electrons. The van der Waals surface area contributed by atoms with Crippen molar-refractivity contribution in [2.75, 3.05) is 40.3 Å². The fraction of sp³-hybridized carbons (Fsp3) is 0.611. The van der Waals surface area contributed by atoms with Crippen LogP contribution in [0.3, 0.4) is 0 Å². The first-order valence-corrected chi connectivity index (χ1v) is 9.00. The fourth-order valence-corrected chi connectivity index (χ4v) is 4.09. The number of rotatable bonds is 2. The van der Waals surface area contributed by atoms with Gasteiger partial charge >= 0.3 is 0 Å². The van der Waals surface area contributed by atoms with Crippen LogP contribution in [0.1, 0.15) is 24.8 Å². The molecule has 1 aromatic rings. The maximum atomic E-state index is 14.2. The van der Waals surface area contributed by atoms with Gasteiger partial charge in [-0.15, -0.1) is 0 Å². The van der Waals surface area contributed by atoms with E-state index in [2.05, 4.69) is 16.8 Å². The summed E-state index contributed by atoms with van der Waals surface area (Å²) in [6.07, 6.45) is 2.23. The zero-order valence-corrected chi connectivity index (χ0v) is 15.5. The Balaban J connectivity index is 1.77. The lowest BCUT2D eigenvalue weighted by Gasteiger charge is -2.49. The molecule has 2 aliphatic heterocycles. The number of likely N-dealkylation sites (N-methyl/N-ethyl adjacent to an activating group) is 1. The van der Waals surface area contributed by atoms with Gasteiger partial charge in [0.2, 0.25) is 5.91 Å². The van der Waals surface area contributed by atoms with Crippen molar-refractivity contribution in [2.24, 2.45) is 0 Å². The summed E-state index contributed by atoms with van der Waals surface area (Å²) < 4.78 is 27.6. The average Bonchev–Trinajstić information content (AvgIpc) is 2.73. The topological polar surface area (TPSA) is 26.8 Å². The van der Waals surface area contributed by atoms with Gasteiger partial charge < -0.3 is 4.90 Å². The highest BCUT2D eigenvalue weighted by molar-refractivity contribution is 6.30. The predicted octanol–water partition coefficient (Wildman–Crippen LogP) is 2.75. The highest BCUT2D eigenvalue weighted by atomic mass is 35.5. The number of hydrogen-bond donors (Lipinski definition) is 0. The number of halogens is 3. The van der Waals surface area contributed by atoms with Crippen LogP contribution in [0.5, 0.6) is 0 Å². The van der Waals surface area contributed by atoms with Crippen molar-refractivity contribution in [3.63, 3.8) is 0 Å². The van der Waals surface area contributed by atoms with Gasteiger partial charge in [-0.05, 0) is 26.0 Å². The van der Waals surface area contributed by atoms with Crippen molar-refractivity contribution in [1.29, 1.82) is 0 Å². The first-order valence-electron chi connectivity index (χ1n) is 8.62. The molecule has 1 aromatic carbocycles. The maximum Gasteiger partial charge on any atom is 0.222 e. The quantitative estimate of drug-likeness (QED) is 0.748. The molecule has 7 heteroatoms. The van der Waals surface area contributed by atoms with Gasteiger partial charge in [0.15, 0.2) is 0 Å². The van der Waals surface area contributed by atoms with Crippen LogP contribution in [-0.2, 0) is 11.3 Å². The third-order valence-corrected chi connectivity index (χ3v) is 6.08. The van der Waals surface area contributed by atoms with E-state index in [-0.39, 0.29) is 11.4 Å². The molecule has 2 saturated heterocycles. The molecular formula is C18H24ClF2N3O. The highest BCUT2D eigenvalue weighted by Gasteiger charge is 2.41. The van der Waals surface area contributed by atoms with Gasteiger partial charge in [-0.25, -0.2) is 8.78 Å². The predicted molar refractivity (Wildman–Crippen MR) is 93.5 cm³/mol. The first-order chi connectivity index (χ1) is 11.8. The minimum Gasteiger partial charge on any atom is -0.346 e. The second-order valence-corrected chi connectivity index (χ2v) is 7.63. The Morgan fingerprint density at radius 1 is 1.16 bits per heavy atom. The van der Waals surface area contributed by atoms with Crippen molar-refractivity contribution < 1.29 is 13.6 Å². The van der Waals surface area contributed by atoms with Crippen molar-refractivity contribution in [2.45, 2.75) is 31.3 Å². The monoisotopic (exact) mass is 371 g/mol. The Kier molecular flexibility index (Phi) is 5.32. The molecule has 1 spiro atoms. The van der Waals surface area contributed by atoms with Gasteiger partial charge in [0, 0.05) is 57.3 Å². The summed E-state index contributed by atoms with van der Waals surface area (Å²) in [5, 5.41) is -0.442. The van der Waals surface area contributed by atoms with E-state index in [0.29, 0.717) is 18.5 Å². The second-order valence-electron chi connectivity index (χ2n) is 7.26. The van der Waals surface area contributed by atoms with E-state index >= 15 is 0 Å². The summed E-state index contributed by atoms with van der Waals surface area (Å²) in [4.78, 5) is 18.3. The highest BCUT2D eigenvalue weighted by Crippen LogP contribution is 2.33. The van der Waals surface area contributed by atoms with E-state index in [4.69, 9.17) is 11.6 Å². The Labute approximate surface area is 152 Å². The van der Waals surface area contributed by atoms with Crippen molar-refractivity contribution in [3.05, 3.63) is 34.4 Å². The third-order valence-electron chi connectivity index (χ3n) is 5.73. The minimum atomic E-state index is -0.733. The molecule has 0 aliphatic carbocycles. The molecule has 0 saturated carbocycles. The summed E-state index contributed by atoms with van der Waals surface area (Å²) in [5.74, 6) is -1.23. The summed E-state index contributed by atoms with van der Waals surface area (Å²) in [5.41, 5.74) is 0.326. The molecule has 0 radical (unpaired) electrons. The van der Waals surface area contributed by atoms with Crippen LogP contribution in [0.4, 0.5) is 8.78 Å². The minimum absolute atomic E-state index is 0.0844.